The number of halogens is 2. The van der Waals surface area contributed by atoms with Gasteiger partial charge >= 0.3 is 0 Å². The molecule has 1 rings (SSSR count). The van der Waals surface area contributed by atoms with Crippen LogP contribution in [0.25, 0.3) is 0 Å². The summed E-state index contributed by atoms with van der Waals surface area (Å²) in [4.78, 5) is 20.2. The van der Waals surface area contributed by atoms with Crippen molar-refractivity contribution in [3.63, 3.8) is 0 Å². The monoisotopic (exact) mass is 221 g/mol. The van der Waals surface area contributed by atoms with Crippen molar-refractivity contribution >= 4 is 34.9 Å². The van der Waals surface area contributed by atoms with Crippen LogP contribution in [0.4, 0.5) is 5.69 Å². The molecule has 0 atom stereocenters. The van der Waals surface area contributed by atoms with Crippen molar-refractivity contribution in [3.05, 3.63) is 39.9 Å². The van der Waals surface area contributed by atoms with Gasteiger partial charge in [-0.1, -0.05) is 6.07 Å². The van der Waals surface area contributed by atoms with E-state index in [1.54, 1.807) is 0 Å². The highest BCUT2D eigenvalue weighted by atomic mass is 35.5. The van der Waals surface area contributed by atoms with Crippen LogP contribution in [0.2, 0.25) is 0 Å². The van der Waals surface area contributed by atoms with E-state index in [9.17, 15) is 14.9 Å². The Kier molecular flexibility index (Phi) is 4.37. The minimum absolute atomic E-state index is 0. The lowest BCUT2D eigenvalue weighted by atomic mass is 10.2. The summed E-state index contributed by atoms with van der Waals surface area (Å²) >= 11 is 5.12. The maximum Gasteiger partial charge on any atom is 0.270 e. The number of hydrogen-bond donors (Lipinski definition) is 0. The highest BCUT2D eigenvalue weighted by Crippen LogP contribution is 2.14. The van der Waals surface area contributed by atoms with E-state index in [4.69, 9.17) is 11.6 Å². The van der Waals surface area contributed by atoms with Gasteiger partial charge in [0.2, 0.25) is 0 Å². The maximum atomic E-state index is 10.6. The summed E-state index contributed by atoms with van der Waals surface area (Å²) in [7, 11) is 0. The molecule has 0 fully saturated rings. The number of rotatable bonds is 2. The van der Waals surface area contributed by atoms with E-state index in [0.29, 0.717) is 0 Å². The molecular weight excluding hydrogens is 217 g/mol. The Labute approximate surface area is 85.1 Å². The highest BCUT2D eigenvalue weighted by molar-refractivity contribution is 6.67. The molecule has 0 aliphatic heterocycles. The lowest BCUT2D eigenvalue weighted by molar-refractivity contribution is -0.384. The quantitative estimate of drug-likeness (QED) is 0.438. The van der Waals surface area contributed by atoms with Gasteiger partial charge in [0.25, 0.3) is 10.9 Å². The Bertz CT molecular complexity index is 311. The minimum Gasteiger partial charge on any atom is -0.276 e. The molecule has 0 aliphatic carbocycles. The molecular formula is C7H5Cl2NO3. The lowest BCUT2D eigenvalue weighted by Crippen LogP contribution is -1.92. The van der Waals surface area contributed by atoms with Crippen LogP contribution in [0, 0.1) is 10.1 Å². The molecule has 70 valence electrons. The van der Waals surface area contributed by atoms with Crippen LogP contribution in [-0.2, 0) is 0 Å². The molecule has 0 spiro atoms. The molecule has 0 bridgehead atoms. The van der Waals surface area contributed by atoms with E-state index in [-0.39, 0.29) is 23.7 Å². The van der Waals surface area contributed by atoms with E-state index in [2.05, 4.69) is 0 Å². The third-order valence-corrected chi connectivity index (χ3v) is 1.50. The van der Waals surface area contributed by atoms with Gasteiger partial charge in [-0.05, 0) is 17.7 Å². The first kappa shape index (κ1) is 11.9. The number of carbonyl (C=O) groups is 1. The fourth-order valence-corrected chi connectivity index (χ4v) is 0.859. The summed E-state index contributed by atoms with van der Waals surface area (Å²) in [5.41, 5.74) is -0.00707. The summed E-state index contributed by atoms with van der Waals surface area (Å²) < 4.78 is 0. The summed E-state index contributed by atoms with van der Waals surface area (Å²) in [6.07, 6.45) is 0. The van der Waals surface area contributed by atoms with Crippen LogP contribution in [0.1, 0.15) is 10.4 Å². The van der Waals surface area contributed by atoms with E-state index < -0.39 is 10.2 Å². The lowest BCUT2D eigenvalue weighted by Gasteiger charge is -1.92. The molecule has 0 N–H and O–H groups in total. The van der Waals surface area contributed by atoms with Gasteiger partial charge in [-0.15, -0.1) is 12.4 Å². The number of nitro groups is 1. The van der Waals surface area contributed by atoms with Crippen LogP contribution in [0.3, 0.4) is 0 Å². The Hall–Kier alpha value is -1.13. The first-order valence-corrected chi connectivity index (χ1v) is 3.43. The van der Waals surface area contributed by atoms with Crippen molar-refractivity contribution < 1.29 is 9.72 Å². The molecule has 4 nitrogen and oxygen atoms in total. The zero-order chi connectivity index (χ0) is 9.14. The number of carbonyl (C=O) groups excluding carboxylic acids is 1. The molecule has 13 heavy (non-hydrogen) atoms. The predicted molar refractivity (Wildman–Crippen MR) is 50.5 cm³/mol. The molecule has 0 saturated heterocycles. The van der Waals surface area contributed by atoms with Gasteiger partial charge in [0, 0.05) is 17.7 Å². The first-order chi connectivity index (χ1) is 5.61. The molecule has 0 radical (unpaired) electrons. The maximum absolute atomic E-state index is 10.6. The Balaban J connectivity index is 0.00000144. The molecule has 0 unspecified atom stereocenters. The van der Waals surface area contributed by atoms with Crippen LogP contribution in [-0.4, -0.2) is 10.2 Å². The van der Waals surface area contributed by atoms with Crippen molar-refractivity contribution in [2.75, 3.05) is 0 Å². The smallest absolute Gasteiger partial charge is 0.270 e. The third kappa shape index (κ3) is 3.01. The second-order valence-corrected chi connectivity index (χ2v) is 2.42. The van der Waals surface area contributed by atoms with Crippen molar-refractivity contribution in [1.82, 2.24) is 0 Å². The van der Waals surface area contributed by atoms with Crippen molar-refractivity contribution in [2.24, 2.45) is 0 Å². The zero-order valence-electron chi connectivity index (χ0n) is 6.27. The number of benzene rings is 1. The number of hydrogen-bond acceptors (Lipinski definition) is 3. The average Bonchev–Trinajstić information content (AvgIpc) is 2.04. The molecule has 0 aromatic heterocycles. The van der Waals surface area contributed by atoms with E-state index in [1.807, 2.05) is 0 Å². The second-order valence-electron chi connectivity index (χ2n) is 2.08. The summed E-state index contributed by atoms with van der Waals surface area (Å²) in [5, 5.41) is 9.53. The third-order valence-electron chi connectivity index (χ3n) is 1.28. The first-order valence-electron chi connectivity index (χ1n) is 3.05. The Morgan fingerprint density at radius 2 is 2.08 bits per heavy atom. The standard InChI is InChI=1S/C7H4ClNO3.ClH/c8-7(10)5-2-1-3-6(4-5)9(11)12;/h1-4H;1H. The van der Waals surface area contributed by atoms with E-state index in [1.165, 1.54) is 18.2 Å². The fourth-order valence-electron chi connectivity index (χ4n) is 0.742. The van der Waals surface area contributed by atoms with E-state index in [0.717, 1.165) is 6.07 Å². The number of nitrogens with zero attached hydrogens (tertiary/aromatic N) is 1. The SMILES string of the molecule is Cl.O=C(Cl)c1cccc([N+](=O)[O-])c1. The van der Waals surface area contributed by atoms with Gasteiger partial charge in [0.05, 0.1) is 4.92 Å². The van der Waals surface area contributed by atoms with Gasteiger partial charge in [-0.3, -0.25) is 14.9 Å². The molecule has 0 heterocycles. The Morgan fingerprint density at radius 3 is 2.54 bits per heavy atom. The second kappa shape index (κ2) is 4.79. The van der Waals surface area contributed by atoms with Crippen LogP contribution in [0.5, 0.6) is 0 Å². The van der Waals surface area contributed by atoms with Crippen molar-refractivity contribution in [2.45, 2.75) is 0 Å². The average molecular weight is 222 g/mol. The zero-order valence-corrected chi connectivity index (χ0v) is 7.84. The largest absolute Gasteiger partial charge is 0.276 e. The van der Waals surface area contributed by atoms with Crippen LogP contribution in [0.15, 0.2) is 24.3 Å². The van der Waals surface area contributed by atoms with Crippen LogP contribution >= 0.6 is 24.0 Å². The summed E-state index contributed by atoms with van der Waals surface area (Å²) in [5.74, 6) is 0. The molecule has 0 aliphatic rings. The molecule has 0 amide bonds. The molecule has 1 aromatic carbocycles. The van der Waals surface area contributed by atoms with Crippen molar-refractivity contribution in [3.8, 4) is 0 Å². The van der Waals surface area contributed by atoms with Gasteiger partial charge in [-0.25, -0.2) is 0 Å². The molecule has 6 heteroatoms. The number of nitro benzene ring substituents is 1. The molecule has 0 saturated carbocycles. The molecule has 1 aromatic rings. The summed E-state index contributed by atoms with van der Waals surface area (Å²) in [6, 6.07) is 5.26. The topological polar surface area (TPSA) is 60.2 Å². The Morgan fingerprint density at radius 1 is 1.46 bits per heavy atom. The van der Waals surface area contributed by atoms with Gasteiger partial charge in [0.1, 0.15) is 0 Å². The minimum atomic E-state index is -0.696. The van der Waals surface area contributed by atoms with Crippen molar-refractivity contribution in [1.29, 1.82) is 0 Å². The van der Waals surface area contributed by atoms with Gasteiger partial charge in [0.15, 0.2) is 0 Å². The van der Waals surface area contributed by atoms with Crippen LogP contribution < -0.4 is 0 Å². The normalized spacial score (nSPS) is 8.69. The summed E-state index contributed by atoms with van der Waals surface area (Å²) in [6.45, 7) is 0. The van der Waals surface area contributed by atoms with Gasteiger partial charge < -0.3 is 0 Å². The van der Waals surface area contributed by atoms with E-state index >= 15 is 0 Å². The number of non-ortho nitro benzene ring substituents is 1. The fraction of sp³-hybridized carbons (Fsp3) is 0. The highest BCUT2D eigenvalue weighted by Gasteiger charge is 2.08. The van der Waals surface area contributed by atoms with Gasteiger partial charge in [-0.2, -0.15) is 0 Å². The predicted octanol–water partition coefficient (Wildman–Crippen LogP) is 2.40.